The summed E-state index contributed by atoms with van der Waals surface area (Å²) in [6.07, 6.45) is 3.32. The third kappa shape index (κ3) is 4.06. The Bertz CT molecular complexity index is 1120. The van der Waals surface area contributed by atoms with Crippen molar-refractivity contribution in [3.63, 3.8) is 0 Å². The van der Waals surface area contributed by atoms with Crippen molar-refractivity contribution in [1.29, 1.82) is 0 Å². The number of aromatic nitrogens is 3. The van der Waals surface area contributed by atoms with E-state index >= 15 is 0 Å². The third-order valence-corrected chi connectivity index (χ3v) is 7.95. The molecule has 0 aliphatic carbocycles. The maximum atomic E-state index is 13.0. The molecule has 12 heteroatoms. The van der Waals surface area contributed by atoms with Crippen LogP contribution in [-0.2, 0) is 14.8 Å². The molecular formula is C18H19N5O5S2. The topological polar surface area (TPSA) is 119 Å². The third-order valence-electron chi connectivity index (χ3n) is 4.49. The predicted octanol–water partition coefficient (Wildman–Crippen LogP) is 1.88. The maximum Gasteiger partial charge on any atom is 0.360 e. The lowest BCUT2D eigenvalue weighted by molar-refractivity contribution is 0.0514. The van der Waals surface area contributed by atoms with E-state index in [1.807, 2.05) is 4.90 Å². The minimum absolute atomic E-state index is 0.0453. The lowest BCUT2D eigenvalue weighted by Crippen LogP contribution is -2.49. The molecule has 0 N–H and O–H groups in total. The summed E-state index contributed by atoms with van der Waals surface area (Å²) in [7, 11) is -3.64. The minimum Gasteiger partial charge on any atom is -0.461 e. The van der Waals surface area contributed by atoms with Gasteiger partial charge in [0.15, 0.2) is 11.5 Å². The van der Waals surface area contributed by atoms with E-state index in [0.29, 0.717) is 42.8 Å². The highest BCUT2D eigenvalue weighted by atomic mass is 32.2. The van der Waals surface area contributed by atoms with Gasteiger partial charge in [-0.1, -0.05) is 5.16 Å². The predicted molar refractivity (Wildman–Crippen MR) is 109 cm³/mol. The van der Waals surface area contributed by atoms with Crippen molar-refractivity contribution >= 4 is 33.3 Å². The van der Waals surface area contributed by atoms with Crippen LogP contribution >= 0.6 is 11.3 Å². The van der Waals surface area contributed by atoms with E-state index in [9.17, 15) is 13.2 Å². The molecule has 1 fully saturated rings. The van der Waals surface area contributed by atoms with Crippen LogP contribution in [0.5, 0.6) is 0 Å². The second kappa shape index (κ2) is 8.50. The van der Waals surface area contributed by atoms with E-state index in [-0.39, 0.29) is 16.5 Å². The first-order valence-electron chi connectivity index (χ1n) is 9.25. The fourth-order valence-electron chi connectivity index (χ4n) is 2.99. The molecule has 1 saturated heterocycles. The lowest BCUT2D eigenvalue weighted by Gasteiger charge is -2.33. The Hall–Kier alpha value is -2.83. The van der Waals surface area contributed by atoms with E-state index in [2.05, 4.69) is 15.1 Å². The molecule has 1 aliphatic rings. The van der Waals surface area contributed by atoms with Gasteiger partial charge in [0.1, 0.15) is 4.21 Å². The summed E-state index contributed by atoms with van der Waals surface area (Å²) in [5.41, 5.74) is 0.0453. The number of nitrogens with zero attached hydrogens (tertiary/aromatic N) is 5. The average Bonchev–Trinajstić information content (AvgIpc) is 3.45. The summed E-state index contributed by atoms with van der Waals surface area (Å²) in [5.74, 6) is 0.323. The van der Waals surface area contributed by atoms with Crippen molar-refractivity contribution in [3.05, 3.63) is 42.4 Å². The zero-order valence-electron chi connectivity index (χ0n) is 16.1. The SMILES string of the molecule is CCOC(=O)c1cc(-c2ccc(S(=O)(=O)N3CCN(c4ncccn4)CC3)s2)on1. The molecular weight excluding hydrogens is 430 g/mol. The molecule has 1 aliphatic heterocycles. The smallest absolute Gasteiger partial charge is 0.360 e. The van der Waals surface area contributed by atoms with Gasteiger partial charge in [-0.2, -0.15) is 4.31 Å². The highest BCUT2D eigenvalue weighted by Crippen LogP contribution is 2.33. The van der Waals surface area contributed by atoms with Gasteiger partial charge < -0.3 is 14.2 Å². The van der Waals surface area contributed by atoms with Crippen LogP contribution in [0.1, 0.15) is 17.4 Å². The van der Waals surface area contributed by atoms with Gasteiger partial charge in [-0.05, 0) is 25.1 Å². The second-order valence-corrected chi connectivity index (χ2v) is 9.60. The standard InChI is InChI=1S/C18H19N5O5S2/c1-2-27-17(24)13-12-14(28-21-13)15-4-5-16(29-15)30(25,26)23-10-8-22(9-11-23)18-19-6-3-7-20-18/h3-7,12H,2,8-11H2,1H3. The van der Waals surface area contributed by atoms with Crippen molar-refractivity contribution in [2.24, 2.45) is 0 Å². The summed E-state index contributed by atoms with van der Waals surface area (Å²) in [4.78, 5) is 22.7. The van der Waals surface area contributed by atoms with Crippen LogP contribution in [0.25, 0.3) is 10.6 Å². The number of carbonyl (C=O) groups is 1. The number of hydrogen-bond acceptors (Lipinski definition) is 10. The Kier molecular flexibility index (Phi) is 5.79. The van der Waals surface area contributed by atoms with Gasteiger partial charge in [0.2, 0.25) is 5.95 Å². The van der Waals surface area contributed by atoms with E-state index < -0.39 is 16.0 Å². The van der Waals surface area contributed by atoms with Gasteiger partial charge in [0, 0.05) is 44.6 Å². The number of rotatable bonds is 6. The van der Waals surface area contributed by atoms with Crippen LogP contribution in [0.2, 0.25) is 0 Å². The van der Waals surface area contributed by atoms with Crippen molar-refractivity contribution in [2.75, 3.05) is 37.7 Å². The molecule has 4 rings (SSSR count). The first kappa shape index (κ1) is 20.4. The van der Waals surface area contributed by atoms with Crippen LogP contribution in [-0.4, -0.2) is 66.6 Å². The molecule has 4 heterocycles. The molecule has 0 atom stereocenters. The van der Waals surface area contributed by atoms with Crippen molar-refractivity contribution in [2.45, 2.75) is 11.1 Å². The van der Waals surface area contributed by atoms with Gasteiger partial charge >= 0.3 is 5.97 Å². The van der Waals surface area contributed by atoms with Crippen LogP contribution in [0, 0.1) is 0 Å². The Morgan fingerprint density at radius 3 is 2.63 bits per heavy atom. The highest BCUT2D eigenvalue weighted by molar-refractivity contribution is 7.91. The number of carbonyl (C=O) groups excluding carboxylic acids is 1. The van der Waals surface area contributed by atoms with E-state index in [1.54, 1.807) is 31.5 Å². The van der Waals surface area contributed by atoms with Gasteiger partial charge in [0.05, 0.1) is 11.5 Å². The summed E-state index contributed by atoms with van der Waals surface area (Å²) in [6, 6.07) is 6.36. The Labute approximate surface area is 177 Å². The first-order chi connectivity index (χ1) is 14.5. The van der Waals surface area contributed by atoms with Gasteiger partial charge in [0.25, 0.3) is 10.0 Å². The Morgan fingerprint density at radius 1 is 1.20 bits per heavy atom. The Morgan fingerprint density at radius 2 is 1.93 bits per heavy atom. The van der Waals surface area contributed by atoms with Crippen LogP contribution in [0.15, 0.2) is 45.4 Å². The molecule has 0 saturated carbocycles. The fourth-order valence-corrected chi connectivity index (χ4v) is 5.83. The highest BCUT2D eigenvalue weighted by Gasteiger charge is 2.31. The van der Waals surface area contributed by atoms with E-state index in [0.717, 1.165) is 11.3 Å². The number of thiophene rings is 1. The monoisotopic (exact) mass is 449 g/mol. The number of sulfonamides is 1. The summed E-state index contributed by atoms with van der Waals surface area (Å²) in [5, 5.41) is 3.69. The van der Waals surface area contributed by atoms with Crippen molar-refractivity contribution in [1.82, 2.24) is 19.4 Å². The molecule has 0 aromatic carbocycles. The minimum atomic E-state index is -3.64. The van der Waals surface area contributed by atoms with Crippen molar-refractivity contribution in [3.8, 4) is 10.6 Å². The molecule has 3 aromatic rings. The Balaban J connectivity index is 1.46. The molecule has 30 heavy (non-hydrogen) atoms. The molecule has 0 spiro atoms. The van der Waals surface area contributed by atoms with Gasteiger partial charge in [-0.15, -0.1) is 11.3 Å². The molecule has 0 unspecified atom stereocenters. The van der Waals surface area contributed by atoms with E-state index in [1.165, 1.54) is 16.4 Å². The van der Waals surface area contributed by atoms with Gasteiger partial charge in [-0.3, -0.25) is 0 Å². The largest absolute Gasteiger partial charge is 0.461 e. The summed E-state index contributed by atoms with van der Waals surface area (Å²) < 4.78 is 37.8. The number of anilines is 1. The quantitative estimate of drug-likeness (QED) is 0.520. The maximum absolute atomic E-state index is 13.0. The number of esters is 1. The molecule has 0 bridgehead atoms. The summed E-state index contributed by atoms with van der Waals surface area (Å²) >= 11 is 1.07. The lowest BCUT2D eigenvalue weighted by atomic mass is 10.3. The number of hydrogen-bond donors (Lipinski definition) is 0. The van der Waals surface area contributed by atoms with E-state index in [4.69, 9.17) is 9.26 Å². The average molecular weight is 450 g/mol. The molecule has 158 valence electrons. The zero-order valence-corrected chi connectivity index (χ0v) is 17.7. The number of ether oxygens (including phenoxy) is 1. The molecule has 0 radical (unpaired) electrons. The number of piperazine rings is 1. The van der Waals surface area contributed by atoms with Crippen molar-refractivity contribution < 1.29 is 22.5 Å². The van der Waals surface area contributed by atoms with Crippen LogP contribution in [0.3, 0.4) is 0 Å². The first-order valence-corrected chi connectivity index (χ1v) is 11.5. The summed E-state index contributed by atoms with van der Waals surface area (Å²) in [6.45, 7) is 3.61. The van der Waals surface area contributed by atoms with Crippen LogP contribution < -0.4 is 4.90 Å². The van der Waals surface area contributed by atoms with Crippen LogP contribution in [0.4, 0.5) is 5.95 Å². The second-order valence-electron chi connectivity index (χ2n) is 6.36. The normalized spacial score (nSPS) is 15.3. The molecule has 10 nitrogen and oxygen atoms in total. The molecule has 3 aromatic heterocycles. The zero-order chi connectivity index (χ0) is 21.1. The molecule has 0 amide bonds. The fraction of sp³-hybridized carbons (Fsp3) is 0.333. The van der Waals surface area contributed by atoms with Gasteiger partial charge in [-0.25, -0.2) is 23.2 Å².